The maximum atomic E-state index is 12.4. The minimum absolute atomic E-state index is 0.0145. The summed E-state index contributed by atoms with van der Waals surface area (Å²) in [5.41, 5.74) is 1.41. The highest BCUT2D eigenvalue weighted by Gasteiger charge is 2.32. The van der Waals surface area contributed by atoms with Gasteiger partial charge in [-0.3, -0.25) is 0 Å². The molecule has 2 aromatic heterocycles. The van der Waals surface area contributed by atoms with Crippen LogP contribution in [0.5, 0.6) is 5.88 Å². The van der Waals surface area contributed by atoms with E-state index in [0.717, 1.165) is 48.2 Å². The molecule has 0 radical (unpaired) electrons. The van der Waals surface area contributed by atoms with Crippen LogP contribution in [-0.4, -0.2) is 64.1 Å². The molecule has 1 amide bonds. The van der Waals surface area contributed by atoms with Crippen LogP contribution in [-0.2, 0) is 4.74 Å². The molecule has 0 unspecified atom stereocenters. The van der Waals surface area contributed by atoms with Gasteiger partial charge in [-0.05, 0) is 63.3 Å². The molecule has 2 fully saturated rings. The fourth-order valence-electron chi connectivity index (χ4n) is 4.52. The van der Waals surface area contributed by atoms with E-state index in [2.05, 4.69) is 27.2 Å². The number of carbonyl (C=O) groups excluding carboxylic acids is 1. The molecule has 2 saturated heterocycles. The fourth-order valence-corrected chi connectivity index (χ4v) is 4.76. The van der Waals surface area contributed by atoms with Crippen LogP contribution in [0, 0.1) is 0 Å². The molecule has 2 aliphatic rings. The van der Waals surface area contributed by atoms with Crippen molar-refractivity contribution in [2.75, 3.05) is 31.1 Å². The van der Waals surface area contributed by atoms with E-state index in [4.69, 9.17) is 26.1 Å². The molecular formula is C26H30ClN5O3. The number of hydrogen-bond acceptors (Lipinski definition) is 7. The van der Waals surface area contributed by atoms with Crippen LogP contribution >= 0.6 is 11.6 Å². The summed E-state index contributed by atoms with van der Waals surface area (Å²) < 4.78 is 11.6. The Bertz CT molecular complexity index is 1220. The van der Waals surface area contributed by atoms with Crippen LogP contribution in [0.2, 0.25) is 5.15 Å². The van der Waals surface area contributed by atoms with Crippen molar-refractivity contribution in [3.8, 4) is 5.88 Å². The number of ether oxygens (including phenoxy) is 2. The predicted molar refractivity (Wildman–Crippen MR) is 135 cm³/mol. The molecule has 0 saturated carbocycles. The lowest BCUT2D eigenvalue weighted by Gasteiger charge is -2.39. The summed E-state index contributed by atoms with van der Waals surface area (Å²) >= 11 is 6.40. The zero-order chi connectivity index (χ0) is 24.6. The molecule has 0 spiro atoms. The van der Waals surface area contributed by atoms with Gasteiger partial charge in [0.05, 0.1) is 18.6 Å². The SMILES string of the molecule is CC(C)(C)OC(=O)N1CCC(c2cc(OC3CN(c4ccc5ccccc5n4)C3)nnc2Cl)CC1. The van der Waals surface area contributed by atoms with Crippen molar-refractivity contribution in [3.63, 3.8) is 0 Å². The number of pyridine rings is 1. The van der Waals surface area contributed by atoms with Crippen molar-refractivity contribution in [1.82, 2.24) is 20.1 Å². The topological polar surface area (TPSA) is 80.7 Å². The predicted octanol–water partition coefficient (Wildman–Crippen LogP) is 5.06. The molecule has 0 aliphatic carbocycles. The lowest BCUT2D eigenvalue weighted by atomic mass is 9.91. The number of carbonyl (C=O) groups is 1. The fraction of sp³-hybridized carbons (Fsp3) is 0.462. The first kappa shape index (κ1) is 23.6. The third kappa shape index (κ3) is 5.42. The van der Waals surface area contributed by atoms with Crippen LogP contribution in [0.3, 0.4) is 0 Å². The van der Waals surface area contributed by atoms with E-state index in [1.165, 1.54) is 0 Å². The smallest absolute Gasteiger partial charge is 0.410 e. The number of anilines is 1. The number of aromatic nitrogens is 3. The summed E-state index contributed by atoms with van der Waals surface area (Å²) in [5.74, 6) is 1.62. The zero-order valence-corrected chi connectivity index (χ0v) is 21.0. The van der Waals surface area contributed by atoms with Crippen molar-refractivity contribution in [1.29, 1.82) is 0 Å². The third-order valence-corrected chi connectivity index (χ3v) is 6.68. The zero-order valence-electron chi connectivity index (χ0n) is 20.3. The van der Waals surface area contributed by atoms with Crippen LogP contribution in [0.15, 0.2) is 42.5 Å². The number of halogens is 1. The van der Waals surface area contributed by atoms with Gasteiger partial charge in [0, 0.05) is 24.5 Å². The normalized spacial score (nSPS) is 17.4. The first-order chi connectivity index (χ1) is 16.7. The molecule has 9 heteroatoms. The number of likely N-dealkylation sites (tertiary alicyclic amines) is 1. The summed E-state index contributed by atoms with van der Waals surface area (Å²) in [5, 5.41) is 9.82. The highest BCUT2D eigenvalue weighted by atomic mass is 35.5. The van der Waals surface area contributed by atoms with Crippen molar-refractivity contribution in [2.24, 2.45) is 0 Å². The Balaban J connectivity index is 1.17. The average molecular weight is 496 g/mol. The van der Waals surface area contributed by atoms with Crippen molar-refractivity contribution < 1.29 is 14.3 Å². The Kier molecular flexibility index (Phi) is 6.40. The minimum Gasteiger partial charge on any atom is -0.469 e. The Morgan fingerprint density at radius 2 is 1.80 bits per heavy atom. The maximum Gasteiger partial charge on any atom is 0.410 e. The summed E-state index contributed by atoms with van der Waals surface area (Å²) in [7, 11) is 0. The van der Waals surface area contributed by atoms with Gasteiger partial charge in [-0.2, -0.15) is 0 Å². The summed E-state index contributed by atoms with van der Waals surface area (Å²) in [4.78, 5) is 21.1. The van der Waals surface area contributed by atoms with Gasteiger partial charge < -0.3 is 19.3 Å². The van der Waals surface area contributed by atoms with E-state index in [1.807, 2.05) is 51.1 Å². The Morgan fingerprint density at radius 3 is 2.54 bits per heavy atom. The lowest BCUT2D eigenvalue weighted by molar-refractivity contribution is 0.0204. The van der Waals surface area contributed by atoms with E-state index < -0.39 is 5.60 Å². The van der Waals surface area contributed by atoms with E-state index in [9.17, 15) is 4.79 Å². The molecule has 0 atom stereocenters. The second kappa shape index (κ2) is 9.49. The lowest BCUT2D eigenvalue weighted by Crippen LogP contribution is -2.54. The number of benzene rings is 1. The second-order valence-corrected chi connectivity index (χ2v) is 10.5. The number of para-hydroxylation sites is 1. The molecule has 0 bridgehead atoms. The van der Waals surface area contributed by atoms with Gasteiger partial charge in [0.2, 0.25) is 5.88 Å². The van der Waals surface area contributed by atoms with Gasteiger partial charge in [-0.25, -0.2) is 9.78 Å². The van der Waals surface area contributed by atoms with Crippen molar-refractivity contribution >= 4 is 34.4 Å². The molecular weight excluding hydrogens is 466 g/mol. The second-order valence-electron chi connectivity index (χ2n) is 10.2. The van der Waals surface area contributed by atoms with E-state index in [-0.39, 0.29) is 18.1 Å². The monoisotopic (exact) mass is 495 g/mol. The first-order valence-electron chi connectivity index (χ1n) is 12.0. The Labute approximate surface area is 210 Å². The largest absolute Gasteiger partial charge is 0.469 e. The summed E-state index contributed by atoms with van der Waals surface area (Å²) in [6.07, 6.45) is 1.32. The molecule has 1 aromatic carbocycles. The molecule has 4 heterocycles. The summed E-state index contributed by atoms with van der Waals surface area (Å²) in [6.45, 7) is 8.33. The van der Waals surface area contributed by atoms with Crippen LogP contribution < -0.4 is 9.64 Å². The standard InChI is InChI=1S/C26H30ClN5O3/c1-26(2,3)35-25(33)31-12-10-17(11-13-31)20-14-23(29-30-24(20)27)34-19-15-32(16-19)22-9-8-18-6-4-5-7-21(18)28-22/h4-9,14,17,19H,10-13,15-16H2,1-3H3. The molecule has 0 N–H and O–H groups in total. The van der Waals surface area contributed by atoms with Crippen LogP contribution in [0.25, 0.3) is 10.9 Å². The van der Waals surface area contributed by atoms with Gasteiger partial charge in [-0.1, -0.05) is 29.8 Å². The van der Waals surface area contributed by atoms with Crippen LogP contribution in [0.4, 0.5) is 10.6 Å². The van der Waals surface area contributed by atoms with E-state index in [0.29, 0.717) is 24.1 Å². The van der Waals surface area contributed by atoms with E-state index >= 15 is 0 Å². The van der Waals surface area contributed by atoms with Crippen LogP contribution in [0.1, 0.15) is 45.1 Å². The first-order valence-corrected chi connectivity index (χ1v) is 12.4. The third-order valence-electron chi connectivity index (χ3n) is 6.38. The van der Waals surface area contributed by atoms with Gasteiger partial charge >= 0.3 is 6.09 Å². The Hall–Kier alpha value is -3.13. The molecule has 35 heavy (non-hydrogen) atoms. The quantitative estimate of drug-likeness (QED) is 0.500. The van der Waals surface area contributed by atoms with Gasteiger partial charge in [0.1, 0.15) is 17.5 Å². The number of hydrogen-bond donors (Lipinski definition) is 0. The average Bonchev–Trinajstić information content (AvgIpc) is 2.81. The van der Waals surface area contributed by atoms with Gasteiger partial charge in [-0.15, -0.1) is 10.2 Å². The highest BCUT2D eigenvalue weighted by Crippen LogP contribution is 2.34. The number of piperidine rings is 1. The number of fused-ring (bicyclic) bond motifs is 1. The number of nitrogens with zero attached hydrogens (tertiary/aromatic N) is 5. The Morgan fingerprint density at radius 1 is 1.06 bits per heavy atom. The van der Waals surface area contributed by atoms with E-state index in [1.54, 1.807) is 4.90 Å². The number of amides is 1. The minimum atomic E-state index is -0.500. The van der Waals surface area contributed by atoms with Gasteiger partial charge in [0.15, 0.2) is 5.15 Å². The van der Waals surface area contributed by atoms with Crippen molar-refractivity contribution in [2.45, 2.75) is 51.2 Å². The maximum absolute atomic E-state index is 12.4. The molecule has 2 aliphatic heterocycles. The molecule has 5 rings (SSSR count). The number of rotatable bonds is 4. The molecule has 8 nitrogen and oxygen atoms in total. The van der Waals surface area contributed by atoms with Crippen molar-refractivity contribution in [3.05, 3.63) is 53.2 Å². The highest BCUT2D eigenvalue weighted by molar-refractivity contribution is 6.30. The molecule has 3 aromatic rings. The van der Waals surface area contributed by atoms with Gasteiger partial charge in [0.25, 0.3) is 0 Å². The molecule has 184 valence electrons. The summed E-state index contributed by atoms with van der Waals surface area (Å²) in [6, 6.07) is 14.1.